The van der Waals surface area contributed by atoms with Crippen molar-refractivity contribution in [1.29, 1.82) is 0 Å². The maximum absolute atomic E-state index is 13.1. The number of hydrogen-bond donors (Lipinski definition) is 0. The summed E-state index contributed by atoms with van der Waals surface area (Å²) in [5.41, 5.74) is 4.63. The molecule has 5 aromatic rings. The first-order valence-electron chi connectivity index (χ1n) is 22.6. The van der Waals surface area contributed by atoms with Gasteiger partial charge in [0.25, 0.3) is 0 Å². The average Bonchev–Trinajstić information content (AvgIpc) is 3.30. The number of halogens is 1. The third-order valence-electron chi connectivity index (χ3n) is 10.6. The van der Waals surface area contributed by atoms with Crippen molar-refractivity contribution in [1.82, 2.24) is 0 Å². The van der Waals surface area contributed by atoms with E-state index in [1.165, 1.54) is 95.5 Å². The number of hydrogen-bond acceptors (Lipinski definition) is 8. The van der Waals surface area contributed by atoms with Crippen molar-refractivity contribution in [2.45, 2.75) is 123 Å². The molecule has 326 valence electrons. The molecule has 62 heavy (non-hydrogen) atoms. The first kappa shape index (κ1) is 47.4. The van der Waals surface area contributed by atoms with Gasteiger partial charge < -0.3 is 14.2 Å². The monoisotopic (exact) mass is 855 g/mol. The van der Waals surface area contributed by atoms with Crippen LogP contribution in [-0.2, 0) is 6.42 Å². The summed E-state index contributed by atoms with van der Waals surface area (Å²) in [7, 11) is 0. The minimum absolute atomic E-state index is 0.182. The van der Waals surface area contributed by atoms with Crippen LogP contribution in [0.4, 0.5) is 17.1 Å². The summed E-state index contributed by atoms with van der Waals surface area (Å²) in [6, 6.07) is 33.9. The number of nitrogens with zero attached hydrogens (tertiary/aromatic N) is 3. The molecule has 0 aliphatic heterocycles. The molecular formula is C53H62ClN3O5. The van der Waals surface area contributed by atoms with Crippen molar-refractivity contribution >= 4 is 46.8 Å². The molecule has 0 aromatic heterocycles. The van der Waals surface area contributed by atoms with Crippen LogP contribution >= 0.6 is 11.6 Å². The van der Waals surface area contributed by atoms with Crippen LogP contribution in [0, 0.1) is 0 Å². The van der Waals surface area contributed by atoms with Crippen LogP contribution in [0.15, 0.2) is 130 Å². The van der Waals surface area contributed by atoms with Crippen LogP contribution in [0.3, 0.4) is 0 Å². The van der Waals surface area contributed by atoms with E-state index in [0.29, 0.717) is 35.0 Å². The van der Waals surface area contributed by atoms with Gasteiger partial charge in [-0.2, -0.15) is 10.2 Å². The molecule has 0 saturated heterocycles. The van der Waals surface area contributed by atoms with Crippen LogP contribution < -0.4 is 14.2 Å². The van der Waals surface area contributed by atoms with E-state index in [0.717, 1.165) is 36.3 Å². The Bertz CT molecular complexity index is 2130. The predicted octanol–water partition coefficient (Wildman–Crippen LogP) is 16.1. The summed E-state index contributed by atoms with van der Waals surface area (Å²) in [6.07, 6.45) is 23.3. The second-order valence-corrected chi connectivity index (χ2v) is 16.1. The zero-order valence-corrected chi connectivity index (χ0v) is 37.3. The summed E-state index contributed by atoms with van der Waals surface area (Å²) in [5, 5.41) is 8.98. The number of rotatable bonds is 27. The lowest BCUT2D eigenvalue weighted by molar-refractivity contribution is 0.0725. The molecule has 9 heteroatoms. The highest BCUT2D eigenvalue weighted by molar-refractivity contribution is 6.33. The number of unbranched alkanes of at least 4 members (excludes halogenated alkanes) is 14. The maximum Gasteiger partial charge on any atom is 0.345 e. The quantitative estimate of drug-likeness (QED) is 0.0172. The molecule has 5 rings (SSSR count). The van der Waals surface area contributed by atoms with E-state index < -0.39 is 11.9 Å². The van der Waals surface area contributed by atoms with Crippen molar-refractivity contribution in [2.24, 2.45) is 15.2 Å². The van der Waals surface area contributed by atoms with Crippen LogP contribution in [0.1, 0.15) is 148 Å². The summed E-state index contributed by atoms with van der Waals surface area (Å²) < 4.78 is 17.0. The molecule has 8 nitrogen and oxygen atoms in total. The van der Waals surface area contributed by atoms with Crippen molar-refractivity contribution in [2.75, 3.05) is 6.61 Å². The molecular weight excluding hydrogens is 794 g/mol. The van der Waals surface area contributed by atoms with Gasteiger partial charge >= 0.3 is 11.9 Å². The fourth-order valence-corrected chi connectivity index (χ4v) is 7.05. The molecule has 0 fully saturated rings. The maximum atomic E-state index is 13.1. The molecule has 0 amide bonds. The lowest BCUT2D eigenvalue weighted by atomic mass is 10.0. The molecule has 0 aliphatic carbocycles. The van der Waals surface area contributed by atoms with Gasteiger partial charge in [-0.25, -0.2) is 9.59 Å². The van der Waals surface area contributed by atoms with Gasteiger partial charge in [0.1, 0.15) is 17.2 Å². The second-order valence-electron chi connectivity index (χ2n) is 15.7. The van der Waals surface area contributed by atoms with Gasteiger partial charge in [-0.05, 0) is 134 Å². The summed E-state index contributed by atoms with van der Waals surface area (Å²) >= 11 is 6.40. The van der Waals surface area contributed by atoms with Gasteiger partial charge in [0, 0.05) is 6.21 Å². The van der Waals surface area contributed by atoms with Crippen LogP contribution in [0.25, 0.3) is 0 Å². The number of carbonyl (C=O) groups excluding carboxylic acids is 2. The molecule has 0 N–H and O–H groups in total. The number of azo groups is 1. The molecule has 0 bridgehead atoms. The van der Waals surface area contributed by atoms with Gasteiger partial charge in [0.2, 0.25) is 0 Å². The third kappa shape index (κ3) is 17.4. The largest absolute Gasteiger partial charge is 0.494 e. The predicted molar refractivity (Wildman–Crippen MR) is 253 cm³/mol. The van der Waals surface area contributed by atoms with Gasteiger partial charge in [-0.3, -0.25) is 4.99 Å². The molecule has 0 aliphatic rings. The number of aliphatic imine (C=N–C) groups is 1. The van der Waals surface area contributed by atoms with Crippen molar-refractivity contribution in [3.63, 3.8) is 0 Å². The van der Waals surface area contributed by atoms with E-state index in [2.05, 4.69) is 41.2 Å². The number of benzene rings is 5. The molecule has 0 unspecified atom stereocenters. The molecule has 0 spiro atoms. The van der Waals surface area contributed by atoms with E-state index in [1.807, 2.05) is 12.1 Å². The fraction of sp³-hybridized carbons (Fsp3) is 0.377. The normalized spacial score (nSPS) is 11.3. The number of carbonyl (C=O) groups is 2. The molecule has 5 aromatic carbocycles. The minimum atomic E-state index is -0.610. The second kappa shape index (κ2) is 27.4. The first-order valence-corrected chi connectivity index (χ1v) is 23.0. The minimum Gasteiger partial charge on any atom is -0.494 e. The van der Waals surface area contributed by atoms with Gasteiger partial charge in [0.15, 0.2) is 0 Å². The Kier molecular flexibility index (Phi) is 20.9. The zero-order valence-electron chi connectivity index (χ0n) is 36.5. The summed E-state index contributed by atoms with van der Waals surface area (Å²) in [5.74, 6) is 0.422. The van der Waals surface area contributed by atoms with E-state index in [1.54, 1.807) is 97.2 Å². The Hall–Kier alpha value is -5.60. The summed E-state index contributed by atoms with van der Waals surface area (Å²) in [4.78, 5) is 30.4. The Morgan fingerprint density at radius 3 is 1.60 bits per heavy atom. The average molecular weight is 857 g/mol. The topological polar surface area (TPSA) is 98.9 Å². The Morgan fingerprint density at radius 1 is 0.516 bits per heavy atom. The van der Waals surface area contributed by atoms with Crippen LogP contribution in [0.2, 0.25) is 5.02 Å². The molecule has 0 heterocycles. The number of aryl methyl sites for hydroxylation is 1. The van der Waals surface area contributed by atoms with Crippen molar-refractivity contribution in [3.05, 3.63) is 143 Å². The van der Waals surface area contributed by atoms with E-state index in [-0.39, 0.29) is 10.6 Å². The van der Waals surface area contributed by atoms with Crippen LogP contribution in [-0.4, -0.2) is 24.8 Å². The first-order chi connectivity index (χ1) is 30.4. The smallest absolute Gasteiger partial charge is 0.345 e. The van der Waals surface area contributed by atoms with E-state index in [9.17, 15) is 9.59 Å². The SMILES string of the molecule is CCCCCCCCCCCCc1ccc(N=Nc2ccc(OC(=O)c3cc(N=Cc4ccc(OC(=O)c5ccc(OCCCCCCCC)cc5)cc4)ccc3Cl)cc2)cc1. The van der Waals surface area contributed by atoms with E-state index in [4.69, 9.17) is 25.8 Å². The Balaban J connectivity index is 1.03. The summed E-state index contributed by atoms with van der Waals surface area (Å²) in [6.45, 7) is 5.14. The lowest BCUT2D eigenvalue weighted by Gasteiger charge is -2.08. The molecule has 0 saturated carbocycles. The van der Waals surface area contributed by atoms with Crippen LogP contribution in [0.5, 0.6) is 17.2 Å². The molecule has 0 atom stereocenters. The Morgan fingerprint density at radius 2 is 1.00 bits per heavy atom. The Labute approximate surface area is 373 Å². The zero-order chi connectivity index (χ0) is 43.6. The van der Waals surface area contributed by atoms with Crippen molar-refractivity contribution in [3.8, 4) is 17.2 Å². The number of ether oxygens (including phenoxy) is 3. The van der Waals surface area contributed by atoms with Crippen molar-refractivity contribution < 1.29 is 23.8 Å². The van der Waals surface area contributed by atoms with E-state index >= 15 is 0 Å². The molecule has 0 radical (unpaired) electrons. The lowest BCUT2D eigenvalue weighted by Crippen LogP contribution is -2.09. The highest BCUT2D eigenvalue weighted by Gasteiger charge is 2.14. The van der Waals surface area contributed by atoms with Gasteiger partial charge in [-0.1, -0.05) is 127 Å². The highest BCUT2D eigenvalue weighted by atomic mass is 35.5. The third-order valence-corrected chi connectivity index (χ3v) is 10.9. The van der Waals surface area contributed by atoms with Gasteiger partial charge in [0.05, 0.1) is 39.8 Å². The highest BCUT2D eigenvalue weighted by Crippen LogP contribution is 2.27. The standard InChI is InChI=1S/C53H62ClN3O5/c1-3-5-7-9-11-12-13-14-15-17-19-41-20-26-44(27-21-41)56-57-45-28-35-49(36-29-45)62-53(59)50-39-46(30-37-51(50)54)55-40-42-22-31-48(32-23-42)61-52(58)43-24-33-47(34-25-43)60-38-18-16-10-8-6-4-2/h20-37,39-40H,3-19,38H2,1-2H3. The number of esters is 2. The fourth-order valence-electron chi connectivity index (χ4n) is 6.85. The van der Waals surface area contributed by atoms with Gasteiger partial charge in [-0.15, -0.1) is 0 Å².